The zero-order valence-electron chi connectivity index (χ0n) is 13.9. The van der Waals surface area contributed by atoms with Crippen molar-refractivity contribution in [3.05, 3.63) is 51.0 Å². The number of fused-ring (bicyclic) bond motifs is 2. The Morgan fingerprint density at radius 3 is 3.08 bits per heavy atom. The highest BCUT2D eigenvalue weighted by atomic mass is 32.1. The second kappa shape index (κ2) is 6.40. The molecule has 3 aromatic rings. The van der Waals surface area contributed by atoms with Gasteiger partial charge in [-0.15, -0.1) is 11.3 Å². The molecule has 1 aromatic carbocycles. The predicted molar refractivity (Wildman–Crippen MR) is 98.1 cm³/mol. The first kappa shape index (κ1) is 16.0. The highest BCUT2D eigenvalue weighted by Crippen LogP contribution is 2.30. The number of amides is 1. The van der Waals surface area contributed by atoms with Gasteiger partial charge in [0.1, 0.15) is 0 Å². The molecule has 0 fully saturated rings. The highest BCUT2D eigenvalue weighted by Gasteiger charge is 2.17. The fraction of sp³-hybridized carbons (Fsp3) is 0.333. The molecule has 0 aliphatic heterocycles. The van der Waals surface area contributed by atoms with E-state index in [4.69, 9.17) is 0 Å². The molecule has 6 nitrogen and oxygen atoms in total. The summed E-state index contributed by atoms with van der Waals surface area (Å²) in [6.07, 6.45) is 4.94. The molecule has 0 atom stereocenters. The zero-order valence-corrected chi connectivity index (χ0v) is 14.7. The summed E-state index contributed by atoms with van der Waals surface area (Å²) in [6, 6.07) is 5.54. The lowest BCUT2D eigenvalue weighted by atomic mass is 10.1. The highest BCUT2D eigenvalue weighted by molar-refractivity contribution is 7.15. The predicted octanol–water partition coefficient (Wildman–Crippen LogP) is 2.68. The Kier molecular flexibility index (Phi) is 4.09. The average Bonchev–Trinajstić information content (AvgIpc) is 3.16. The molecule has 25 heavy (non-hydrogen) atoms. The number of aromatic nitrogens is 3. The first-order chi connectivity index (χ1) is 12.1. The van der Waals surface area contributed by atoms with Crippen LogP contribution in [0.3, 0.4) is 0 Å². The van der Waals surface area contributed by atoms with Gasteiger partial charge >= 0.3 is 0 Å². The van der Waals surface area contributed by atoms with E-state index >= 15 is 0 Å². The molecule has 0 bridgehead atoms. The van der Waals surface area contributed by atoms with Gasteiger partial charge in [0.2, 0.25) is 5.91 Å². The van der Waals surface area contributed by atoms with Gasteiger partial charge in [-0.3, -0.25) is 14.2 Å². The molecule has 0 radical (unpaired) electrons. The van der Waals surface area contributed by atoms with E-state index in [1.807, 2.05) is 19.1 Å². The summed E-state index contributed by atoms with van der Waals surface area (Å²) in [5.41, 5.74) is 2.68. The van der Waals surface area contributed by atoms with Crippen molar-refractivity contribution in [3.8, 4) is 0 Å². The summed E-state index contributed by atoms with van der Waals surface area (Å²) in [4.78, 5) is 34.8. The molecule has 7 heteroatoms. The zero-order chi connectivity index (χ0) is 17.4. The fourth-order valence-electron chi connectivity index (χ4n) is 3.14. The smallest absolute Gasteiger partial charge is 0.261 e. The number of carbonyl (C=O) groups is 1. The largest absolute Gasteiger partial charge is 0.302 e. The Hall–Kier alpha value is -2.54. The van der Waals surface area contributed by atoms with Crippen molar-refractivity contribution in [1.82, 2.24) is 14.5 Å². The second-order valence-corrected chi connectivity index (χ2v) is 7.34. The Morgan fingerprint density at radius 1 is 1.36 bits per heavy atom. The molecule has 1 N–H and O–H groups in total. The molecule has 4 rings (SSSR count). The Bertz CT molecular complexity index is 1000. The van der Waals surface area contributed by atoms with Crippen LogP contribution in [0.25, 0.3) is 10.9 Å². The molecule has 2 heterocycles. The molecule has 1 aliphatic carbocycles. The maximum Gasteiger partial charge on any atom is 0.261 e. The first-order valence-electron chi connectivity index (χ1n) is 8.35. The van der Waals surface area contributed by atoms with Crippen molar-refractivity contribution >= 4 is 33.3 Å². The van der Waals surface area contributed by atoms with Crippen LogP contribution in [0, 0.1) is 6.92 Å². The maximum atomic E-state index is 12.5. The number of nitrogens with one attached hydrogen (secondary N) is 1. The normalized spacial score (nSPS) is 13.2. The topological polar surface area (TPSA) is 76.9 Å². The summed E-state index contributed by atoms with van der Waals surface area (Å²) in [7, 11) is 0. The SMILES string of the molecule is Cc1cccc2c(=O)n(CCC(=O)Nc3nc4c(s3)CCC4)cnc12. The number of carbonyl (C=O) groups excluding carboxylic acids is 1. The van der Waals surface area contributed by atoms with Crippen molar-refractivity contribution in [2.45, 2.75) is 39.2 Å². The molecule has 128 valence electrons. The Labute approximate surface area is 148 Å². The quantitative estimate of drug-likeness (QED) is 0.781. The van der Waals surface area contributed by atoms with Gasteiger partial charge in [0.05, 0.1) is 22.9 Å². The number of thiazole rings is 1. The lowest BCUT2D eigenvalue weighted by Gasteiger charge is -2.07. The molecule has 1 amide bonds. The Balaban J connectivity index is 1.45. The minimum absolute atomic E-state index is 0.116. The number of aryl methyl sites for hydroxylation is 4. The number of hydrogen-bond donors (Lipinski definition) is 1. The maximum absolute atomic E-state index is 12.5. The molecule has 0 saturated carbocycles. The van der Waals surface area contributed by atoms with Crippen LogP contribution in [0.2, 0.25) is 0 Å². The van der Waals surface area contributed by atoms with Gasteiger partial charge < -0.3 is 5.32 Å². The van der Waals surface area contributed by atoms with E-state index in [0.717, 1.165) is 30.5 Å². The number of hydrogen-bond acceptors (Lipinski definition) is 5. The van der Waals surface area contributed by atoms with E-state index in [0.29, 0.717) is 22.6 Å². The number of anilines is 1. The summed E-state index contributed by atoms with van der Waals surface area (Å²) in [5, 5.41) is 4.08. The van der Waals surface area contributed by atoms with E-state index in [1.165, 1.54) is 15.8 Å². The van der Waals surface area contributed by atoms with E-state index in [1.54, 1.807) is 17.4 Å². The van der Waals surface area contributed by atoms with Crippen LogP contribution in [0.1, 0.15) is 29.0 Å². The van der Waals surface area contributed by atoms with Crippen molar-refractivity contribution < 1.29 is 4.79 Å². The Morgan fingerprint density at radius 2 is 2.24 bits per heavy atom. The minimum atomic E-state index is -0.135. The number of para-hydroxylation sites is 1. The first-order valence-corrected chi connectivity index (χ1v) is 9.16. The summed E-state index contributed by atoms with van der Waals surface area (Å²) in [6.45, 7) is 2.23. The summed E-state index contributed by atoms with van der Waals surface area (Å²) in [5.74, 6) is -0.135. The van der Waals surface area contributed by atoms with Gasteiger partial charge in [-0.1, -0.05) is 12.1 Å². The van der Waals surface area contributed by atoms with Crippen LogP contribution < -0.4 is 10.9 Å². The van der Waals surface area contributed by atoms with E-state index < -0.39 is 0 Å². The van der Waals surface area contributed by atoms with Crippen LogP contribution in [-0.2, 0) is 24.2 Å². The van der Waals surface area contributed by atoms with Crippen molar-refractivity contribution in [1.29, 1.82) is 0 Å². The number of benzene rings is 1. The molecule has 1 aliphatic rings. The molecular formula is C18H18N4O2S. The van der Waals surface area contributed by atoms with Gasteiger partial charge in [0.25, 0.3) is 5.56 Å². The van der Waals surface area contributed by atoms with Crippen LogP contribution in [0.5, 0.6) is 0 Å². The molecule has 2 aromatic heterocycles. The molecular weight excluding hydrogens is 336 g/mol. The fourth-order valence-corrected chi connectivity index (χ4v) is 4.21. The average molecular weight is 354 g/mol. The minimum Gasteiger partial charge on any atom is -0.302 e. The number of nitrogens with zero attached hydrogens (tertiary/aromatic N) is 3. The van der Waals surface area contributed by atoms with Gasteiger partial charge in [0, 0.05) is 17.8 Å². The van der Waals surface area contributed by atoms with Crippen LogP contribution >= 0.6 is 11.3 Å². The lowest BCUT2D eigenvalue weighted by Crippen LogP contribution is -2.23. The van der Waals surface area contributed by atoms with Crippen LogP contribution in [-0.4, -0.2) is 20.4 Å². The third kappa shape index (κ3) is 3.07. The third-order valence-electron chi connectivity index (χ3n) is 4.48. The van der Waals surface area contributed by atoms with Gasteiger partial charge in [-0.05, 0) is 37.8 Å². The number of rotatable bonds is 4. The van der Waals surface area contributed by atoms with Crippen molar-refractivity contribution in [2.24, 2.45) is 0 Å². The van der Waals surface area contributed by atoms with E-state index in [2.05, 4.69) is 15.3 Å². The van der Waals surface area contributed by atoms with Crippen molar-refractivity contribution in [3.63, 3.8) is 0 Å². The summed E-state index contributed by atoms with van der Waals surface area (Å²) < 4.78 is 1.49. The van der Waals surface area contributed by atoms with Gasteiger partial charge in [-0.2, -0.15) is 0 Å². The molecule has 0 spiro atoms. The second-order valence-electron chi connectivity index (χ2n) is 6.25. The van der Waals surface area contributed by atoms with Crippen LogP contribution in [0.4, 0.5) is 5.13 Å². The summed E-state index contributed by atoms with van der Waals surface area (Å²) >= 11 is 1.55. The third-order valence-corrected chi connectivity index (χ3v) is 5.55. The van der Waals surface area contributed by atoms with E-state index in [-0.39, 0.29) is 17.9 Å². The van der Waals surface area contributed by atoms with E-state index in [9.17, 15) is 9.59 Å². The standard InChI is InChI=1S/C18H18N4O2S/c1-11-4-2-5-12-16(11)19-10-22(17(12)24)9-8-15(23)21-18-20-13-6-3-7-14(13)25-18/h2,4-5,10H,3,6-9H2,1H3,(H,20,21,23). The molecule has 0 unspecified atom stereocenters. The van der Waals surface area contributed by atoms with Gasteiger partial charge in [0.15, 0.2) is 5.13 Å². The van der Waals surface area contributed by atoms with Crippen LogP contribution in [0.15, 0.2) is 29.3 Å². The van der Waals surface area contributed by atoms with Crippen molar-refractivity contribution in [2.75, 3.05) is 5.32 Å². The monoisotopic (exact) mass is 354 g/mol. The van der Waals surface area contributed by atoms with Gasteiger partial charge in [-0.25, -0.2) is 9.97 Å². The molecule has 0 saturated heterocycles. The lowest BCUT2D eigenvalue weighted by molar-refractivity contribution is -0.116.